The second kappa shape index (κ2) is 12.5. The minimum Gasteiger partial charge on any atom is -0.382 e. The van der Waals surface area contributed by atoms with E-state index in [-0.39, 0.29) is 6.42 Å². The van der Waals surface area contributed by atoms with Gasteiger partial charge in [-0.15, -0.1) is 5.10 Å². The Morgan fingerprint density at radius 3 is 2.84 bits per heavy atom. The van der Waals surface area contributed by atoms with Gasteiger partial charge >= 0.3 is 0 Å². The molecule has 0 saturated heterocycles. The van der Waals surface area contributed by atoms with Crippen molar-refractivity contribution in [3.63, 3.8) is 0 Å². The lowest BCUT2D eigenvalue weighted by molar-refractivity contribution is -0.117. The van der Waals surface area contributed by atoms with Gasteiger partial charge in [0, 0.05) is 54.0 Å². The number of hydrogen-bond donors (Lipinski definition) is 5. The molecule has 0 aliphatic carbocycles. The molecule has 220 valence electrons. The highest BCUT2D eigenvalue weighted by Crippen LogP contribution is 2.28. The van der Waals surface area contributed by atoms with Crippen molar-refractivity contribution in [2.45, 2.75) is 19.4 Å². The molecule has 3 heterocycles. The fourth-order valence-electron chi connectivity index (χ4n) is 4.49. The van der Waals surface area contributed by atoms with Crippen LogP contribution in [0, 0.1) is 6.92 Å². The van der Waals surface area contributed by atoms with Crippen LogP contribution in [0.4, 0.5) is 11.5 Å². The number of nitrogen functional groups attached to an aromatic ring is 1. The van der Waals surface area contributed by atoms with Crippen molar-refractivity contribution in [1.82, 2.24) is 35.3 Å². The third-order valence-electron chi connectivity index (χ3n) is 6.80. The molecule has 0 bridgehead atoms. The molecule has 43 heavy (non-hydrogen) atoms. The van der Waals surface area contributed by atoms with Crippen molar-refractivity contribution in [3.05, 3.63) is 81.5 Å². The molecule has 0 spiro atoms. The molecule has 2 aromatic carbocycles. The molecule has 3 aromatic heterocycles. The number of hydrazine groups is 1. The summed E-state index contributed by atoms with van der Waals surface area (Å²) in [7, 11) is 1.81. The molecule has 0 unspecified atom stereocenters. The summed E-state index contributed by atoms with van der Waals surface area (Å²) in [6, 6.07) is 10.1. The summed E-state index contributed by atoms with van der Waals surface area (Å²) in [5.74, 6) is 6.62. The number of H-pyrrole nitrogens is 2. The molecule has 13 nitrogen and oxygen atoms in total. The number of nitrogens with one attached hydrogen (secondary N) is 3. The lowest BCUT2D eigenvalue weighted by atomic mass is 10.1. The number of aromatic amines is 2. The van der Waals surface area contributed by atoms with Gasteiger partial charge in [-0.3, -0.25) is 19.6 Å². The normalized spacial score (nSPS) is 12.4. The van der Waals surface area contributed by atoms with Crippen LogP contribution in [0.3, 0.4) is 0 Å². The quantitative estimate of drug-likeness (QED) is 0.0507. The lowest BCUT2D eigenvalue weighted by Crippen LogP contribution is -2.30. The Morgan fingerprint density at radius 2 is 2.09 bits per heavy atom. The highest BCUT2D eigenvalue weighted by Gasteiger charge is 2.23. The van der Waals surface area contributed by atoms with E-state index in [0.29, 0.717) is 44.3 Å². The number of nitrogens with zero attached hydrogens (tertiary/aromatic N) is 7. The van der Waals surface area contributed by atoms with E-state index in [2.05, 4.69) is 42.5 Å². The minimum absolute atomic E-state index is 0.285. The number of aromatic nitrogens is 6. The monoisotopic (exact) mass is 618 g/mol. The second-order valence-electron chi connectivity index (χ2n) is 9.59. The highest BCUT2D eigenvalue weighted by molar-refractivity contribution is 6.32. The Hall–Kier alpha value is -4.98. The predicted molar refractivity (Wildman–Crippen MR) is 171 cm³/mol. The van der Waals surface area contributed by atoms with E-state index < -0.39 is 11.9 Å². The van der Waals surface area contributed by atoms with Crippen molar-refractivity contribution in [2.24, 2.45) is 23.1 Å². The van der Waals surface area contributed by atoms with Crippen molar-refractivity contribution < 1.29 is 4.79 Å². The molecule has 1 amide bonds. The van der Waals surface area contributed by atoms with Gasteiger partial charge in [-0.2, -0.15) is 15.3 Å². The van der Waals surface area contributed by atoms with Crippen LogP contribution in [0.5, 0.6) is 0 Å². The first-order valence-corrected chi connectivity index (χ1v) is 13.7. The average Bonchev–Trinajstić information content (AvgIpc) is 3.69. The van der Waals surface area contributed by atoms with Gasteiger partial charge in [0.2, 0.25) is 5.91 Å². The van der Waals surface area contributed by atoms with Crippen LogP contribution in [0.2, 0.25) is 10.0 Å². The Morgan fingerprint density at radius 1 is 1.28 bits per heavy atom. The van der Waals surface area contributed by atoms with E-state index in [1.807, 2.05) is 32.2 Å². The zero-order valence-corrected chi connectivity index (χ0v) is 24.7. The number of amides is 1. The number of anilines is 2. The topological polar surface area (TPSA) is 184 Å². The van der Waals surface area contributed by atoms with Crippen LogP contribution in [0.25, 0.3) is 28.2 Å². The average molecular weight is 620 g/mol. The molecule has 5 aromatic rings. The summed E-state index contributed by atoms with van der Waals surface area (Å²) in [5, 5.41) is 24.7. The zero-order valence-electron chi connectivity index (χ0n) is 23.2. The van der Waals surface area contributed by atoms with Gasteiger partial charge in [0.15, 0.2) is 5.82 Å². The van der Waals surface area contributed by atoms with Crippen molar-refractivity contribution in [1.29, 1.82) is 0 Å². The number of fused-ring (bicyclic) bond motifs is 1. The summed E-state index contributed by atoms with van der Waals surface area (Å²) in [6.07, 6.45) is 6.32. The van der Waals surface area contributed by atoms with E-state index in [1.165, 1.54) is 17.4 Å². The summed E-state index contributed by atoms with van der Waals surface area (Å²) in [5.41, 5.74) is 10.8. The van der Waals surface area contributed by atoms with Gasteiger partial charge < -0.3 is 16.0 Å². The summed E-state index contributed by atoms with van der Waals surface area (Å²) in [4.78, 5) is 21.3. The first-order chi connectivity index (χ1) is 20.6. The Kier molecular flexibility index (Phi) is 8.57. The molecule has 5 rings (SSSR count). The third kappa shape index (κ3) is 6.43. The van der Waals surface area contributed by atoms with Gasteiger partial charge in [0.1, 0.15) is 12.2 Å². The molecule has 0 aliphatic heterocycles. The molecule has 0 aliphatic rings. The van der Waals surface area contributed by atoms with Gasteiger partial charge in [0.05, 0.1) is 39.4 Å². The number of halogens is 2. The number of hydrogen-bond acceptors (Lipinski definition) is 8. The Balaban J connectivity index is 1.43. The predicted octanol–water partition coefficient (Wildman–Crippen LogP) is 4.32. The van der Waals surface area contributed by atoms with Crippen molar-refractivity contribution >= 4 is 70.6 Å². The van der Waals surface area contributed by atoms with E-state index >= 15 is 0 Å². The minimum atomic E-state index is -0.597. The molecular formula is C28H28Cl2N12O. The van der Waals surface area contributed by atoms with Crippen molar-refractivity contribution in [3.8, 4) is 11.3 Å². The highest BCUT2D eigenvalue weighted by atomic mass is 35.5. The zero-order chi connectivity index (χ0) is 30.7. The van der Waals surface area contributed by atoms with Crippen LogP contribution in [-0.4, -0.2) is 48.9 Å². The van der Waals surface area contributed by atoms with Crippen LogP contribution in [0.15, 0.2) is 58.9 Å². The summed E-state index contributed by atoms with van der Waals surface area (Å²) >= 11 is 12.8. The molecule has 0 fully saturated rings. The van der Waals surface area contributed by atoms with E-state index in [9.17, 15) is 4.79 Å². The first kappa shape index (κ1) is 29.5. The molecular weight excluding hydrogens is 591 g/mol. The number of benzene rings is 2. The van der Waals surface area contributed by atoms with Crippen molar-refractivity contribution in [2.75, 3.05) is 10.7 Å². The fraction of sp³-hybridized carbons (Fsp3) is 0.143. The summed E-state index contributed by atoms with van der Waals surface area (Å²) < 4.78 is 1.69. The number of nitrogens with two attached hydrogens (primary N) is 2. The molecule has 7 N–H and O–H groups in total. The molecule has 0 saturated carbocycles. The lowest BCUT2D eigenvalue weighted by Gasteiger charge is -2.16. The maximum Gasteiger partial charge on any atom is 0.244 e. The fourth-order valence-corrected chi connectivity index (χ4v) is 4.91. The Labute approximate surface area is 256 Å². The molecule has 15 heteroatoms. The van der Waals surface area contributed by atoms with Crippen LogP contribution in [-0.2, 0) is 18.3 Å². The van der Waals surface area contributed by atoms with E-state index in [1.54, 1.807) is 35.2 Å². The van der Waals surface area contributed by atoms with Gasteiger partial charge in [-0.25, -0.2) is 10.8 Å². The van der Waals surface area contributed by atoms with Crippen LogP contribution >= 0.6 is 23.2 Å². The second-order valence-corrected chi connectivity index (χ2v) is 10.4. The van der Waals surface area contributed by atoms with E-state index in [4.69, 9.17) is 39.8 Å². The maximum atomic E-state index is 13.3. The number of imidazole rings is 1. The van der Waals surface area contributed by atoms with Gasteiger partial charge in [-0.1, -0.05) is 29.3 Å². The largest absolute Gasteiger partial charge is 0.382 e. The first-order valence-electron chi connectivity index (χ1n) is 12.9. The standard InChI is InChI=1S/C28H28Cl2N12O/c1-15-26(30)21(40-41(15)3)12-22(28-34-13-23(37-28)16-4-7-19-20(11-16)38-39-27(19)31)36-25(43)9-5-17-10-18(29)6-8-24(17)42(32)14-35-33-2/h4-11,13-14,22H,2,12,32H2,1,3H3,(H,34,37)(H,36,43)(H3,31,38,39)/b9-5+,35-14-/t22-/m0/s1. The maximum absolute atomic E-state index is 13.3. The van der Waals surface area contributed by atoms with Crippen LogP contribution < -0.4 is 21.9 Å². The number of aryl methyl sites for hydroxylation is 1. The number of carbonyl (C=O) groups is 1. The van der Waals surface area contributed by atoms with Gasteiger partial charge in [0.25, 0.3) is 0 Å². The molecule has 0 radical (unpaired) electrons. The smallest absolute Gasteiger partial charge is 0.244 e. The molecule has 1 atom stereocenters. The summed E-state index contributed by atoms with van der Waals surface area (Å²) in [6.45, 7) is 5.17. The SMILES string of the molecule is C=N/N=C\N(N)c1ccc(Cl)cc1/C=C/C(=O)N[C@@H](Cc1nn(C)c(C)c1Cl)c1nc(-c2ccc3c(N)n[nH]c3c2)c[nH]1. The third-order valence-corrected chi connectivity index (χ3v) is 7.52. The van der Waals surface area contributed by atoms with Crippen LogP contribution in [0.1, 0.15) is 28.8 Å². The Bertz CT molecular complexity index is 1870. The number of rotatable bonds is 10. The number of carbonyl (C=O) groups excluding carboxylic acids is 1. The van der Waals surface area contributed by atoms with Gasteiger partial charge in [-0.05, 0) is 43.3 Å². The van der Waals surface area contributed by atoms with E-state index in [0.717, 1.165) is 22.2 Å².